The Labute approximate surface area is 108 Å². The largest absolute Gasteiger partial charge is 0.508 e. The third kappa shape index (κ3) is 3.60. The van der Waals surface area contributed by atoms with Crippen molar-refractivity contribution >= 4 is 0 Å². The fraction of sp³-hybridized carbons (Fsp3) is 0.250. The molecule has 0 aliphatic heterocycles. The predicted molar refractivity (Wildman–Crippen MR) is 74.7 cm³/mol. The lowest BCUT2D eigenvalue weighted by molar-refractivity contribution is 0.475. The highest BCUT2D eigenvalue weighted by Gasteiger charge is 2.05. The number of benzene rings is 2. The molecule has 1 atom stereocenters. The minimum atomic E-state index is 0.109. The minimum Gasteiger partial charge on any atom is -0.508 e. The molecule has 2 aromatic carbocycles. The number of rotatable bonds is 4. The summed E-state index contributed by atoms with van der Waals surface area (Å²) in [7, 11) is 0. The van der Waals surface area contributed by atoms with Crippen LogP contribution in [0.25, 0.3) is 0 Å². The summed E-state index contributed by atoms with van der Waals surface area (Å²) >= 11 is 0. The maximum atomic E-state index is 9.22. The van der Waals surface area contributed by atoms with E-state index < -0.39 is 0 Å². The third-order valence-electron chi connectivity index (χ3n) is 3.05. The predicted octanol–water partition coefficient (Wildman–Crippen LogP) is 2.81. The summed E-state index contributed by atoms with van der Waals surface area (Å²) < 4.78 is 0. The van der Waals surface area contributed by atoms with E-state index in [1.807, 2.05) is 12.1 Å². The Morgan fingerprint density at radius 2 is 1.33 bits per heavy atom. The number of nitrogens with two attached hydrogens (primary N) is 1. The van der Waals surface area contributed by atoms with E-state index in [2.05, 4.69) is 31.2 Å². The van der Waals surface area contributed by atoms with Gasteiger partial charge in [-0.2, -0.15) is 0 Å². The number of hydrogen-bond donors (Lipinski definition) is 2. The Hall–Kier alpha value is -1.80. The molecule has 3 N–H and O–H groups in total. The molecule has 0 saturated heterocycles. The molecule has 18 heavy (non-hydrogen) atoms. The SMILES string of the molecule is Cc1ccc(CC(N)Cc2ccc(O)cc2)cc1. The average molecular weight is 241 g/mol. The van der Waals surface area contributed by atoms with Crippen LogP contribution in [0.2, 0.25) is 0 Å². The van der Waals surface area contributed by atoms with Crippen LogP contribution in [-0.4, -0.2) is 11.1 Å². The van der Waals surface area contributed by atoms with E-state index in [0.717, 1.165) is 18.4 Å². The highest BCUT2D eigenvalue weighted by molar-refractivity contribution is 5.27. The van der Waals surface area contributed by atoms with Crippen LogP contribution in [0, 0.1) is 6.92 Å². The lowest BCUT2D eigenvalue weighted by Gasteiger charge is -2.12. The molecule has 0 saturated carbocycles. The third-order valence-corrected chi connectivity index (χ3v) is 3.05. The van der Waals surface area contributed by atoms with Gasteiger partial charge in [0, 0.05) is 6.04 Å². The summed E-state index contributed by atoms with van der Waals surface area (Å²) in [6.45, 7) is 2.08. The maximum Gasteiger partial charge on any atom is 0.115 e. The first-order valence-electron chi connectivity index (χ1n) is 6.22. The smallest absolute Gasteiger partial charge is 0.115 e. The molecule has 0 radical (unpaired) electrons. The maximum absolute atomic E-state index is 9.22. The Kier molecular flexibility index (Phi) is 4.00. The first-order valence-corrected chi connectivity index (χ1v) is 6.22. The van der Waals surface area contributed by atoms with Crippen molar-refractivity contribution in [2.24, 2.45) is 5.73 Å². The van der Waals surface area contributed by atoms with Crippen LogP contribution in [0.1, 0.15) is 16.7 Å². The van der Waals surface area contributed by atoms with Gasteiger partial charge in [-0.1, -0.05) is 42.0 Å². The van der Waals surface area contributed by atoms with Crippen LogP contribution < -0.4 is 5.73 Å². The fourth-order valence-corrected chi connectivity index (χ4v) is 2.03. The molecular weight excluding hydrogens is 222 g/mol. The molecule has 0 aliphatic carbocycles. The fourth-order valence-electron chi connectivity index (χ4n) is 2.03. The van der Waals surface area contributed by atoms with Crippen LogP contribution in [0.15, 0.2) is 48.5 Å². The van der Waals surface area contributed by atoms with Crippen LogP contribution in [-0.2, 0) is 12.8 Å². The van der Waals surface area contributed by atoms with Gasteiger partial charge < -0.3 is 10.8 Å². The topological polar surface area (TPSA) is 46.2 Å². The molecule has 2 aromatic rings. The van der Waals surface area contributed by atoms with Crippen molar-refractivity contribution in [3.8, 4) is 5.75 Å². The van der Waals surface area contributed by atoms with E-state index >= 15 is 0 Å². The van der Waals surface area contributed by atoms with Crippen molar-refractivity contribution in [2.45, 2.75) is 25.8 Å². The molecule has 0 aromatic heterocycles. The number of aryl methyl sites for hydroxylation is 1. The molecule has 0 fully saturated rings. The molecule has 0 spiro atoms. The molecule has 0 amide bonds. The summed E-state index contributed by atoms with van der Waals surface area (Å²) in [6.07, 6.45) is 1.70. The molecule has 1 unspecified atom stereocenters. The zero-order valence-corrected chi connectivity index (χ0v) is 10.6. The number of phenols is 1. The van der Waals surface area contributed by atoms with E-state index in [1.54, 1.807) is 12.1 Å². The summed E-state index contributed by atoms with van der Waals surface area (Å²) in [5.41, 5.74) is 9.85. The summed E-state index contributed by atoms with van der Waals surface area (Å²) in [6, 6.07) is 15.8. The van der Waals surface area contributed by atoms with Crippen LogP contribution in [0.3, 0.4) is 0 Å². The van der Waals surface area contributed by atoms with Gasteiger partial charge in [0.2, 0.25) is 0 Å². The number of hydrogen-bond acceptors (Lipinski definition) is 2. The molecule has 0 bridgehead atoms. The van der Waals surface area contributed by atoms with Gasteiger partial charge in [-0.05, 0) is 43.0 Å². The second-order valence-electron chi connectivity index (χ2n) is 4.82. The van der Waals surface area contributed by atoms with Gasteiger partial charge in [0.25, 0.3) is 0 Å². The molecule has 0 aliphatic rings. The zero-order chi connectivity index (χ0) is 13.0. The Morgan fingerprint density at radius 1 is 0.889 bits per heavy atom. The zero-order valence-electron chi connectivity index (χ0n) is 10.6. The molecule has 2 rings (SSSR count). The standard InChI is InChI=1S/C16H19NO/c1-12-2-4-13(5-3-12)10-15(17)11-14-6-8-16(18)9-7-14/h2-9,15,18H,10-11,17H2,1H3. The lowest BCUT2D eigenvalue weighted by atomic mass is 9.99. The molecule has 2 nitrogen and oxygen atoms in total. The van der Waals surface area contributed by atoms with E-state index in [1.165, 1.54) is 11.1 Å². The lowest BCUT2D eigenvalue weighted by Crippen LogP contribution is -2.25. The minimum absolute atomic E-state index is 0.109. The van der Waals surface area contributed by atoms with Crippen LogP contribution >= 0.6 is 0 Å². The highest BCUT2D eigenvalue weighted by Crippen LogP contribution is 2.13. The monoisotopic (exact) mass is 241 g/mol. The van der Waals surface area contributed by atoms with E-state index in [0.29, 0.717) is 5.75 Å². The second kappa shape index (κ2) is 5.69. The van der Waals surface area contributed by atoms with Crippen molar-refractivity contribution in [1.29, 1.82) is 0 Å². The Balaban J connectivity index is 1.94. The molecule has 2 heteroatoms. The van der Waals surface area contributed by atoms with Crippen molar-refractivity contribution < 1.29 is 5.11 Å². The van der Waals surface area contributed by atoms with Gasteiger partial charge >= 0.3 is 0 Å². The van der Waals surface area contributed by atoms with Crippen molar-refractivity contribution in [1.82, 2.24) is 0 Å². The summed E-state index contributed by atoms with van der Waals surface area (Å²) in [4.78, 5) is 0. The summed E-state index contributed by atoms with van der Waals surface area (Å²) in [5, 5.41) is 9.22. The van der Waals surface area contributed by atoms with Gasteiger partial charge in [-0.25, -0.2) is 0 Å². The van der Waals surface area contributed by atoms with E-state index in [-0.39, 0.29) is 6.04 Å². The van der Waals surface area contributed by atoms with Crippen LogP contribution in [0.4, 0.5) is 0 Å². The van der Waals surface area contributed by atoms with E-state index in [4.69, 9.17) is 5.73 Å². The number of phenolic OH excluding ortho intramolecular Hbond substituents is 1. The van der Waals surface area contributed by atoms with Crippen molar-refractivity contribution in [3.63, 3.8) is 0 Å². The molecule has 0 heterocycles. The van der Waals surface area contributed by atoms with Gasteiger partial charge in [-0.15, -0.1) is 0 Å². The Morgan fingerprint density at radius 3 is 1.83 bits per heavy atom. The van der Waals surface area contributed by atoms with Crippen molar-refractivity contribution in [2.75, 3.05) is 0 Å². The molecule has 94 valence electrons. The second-order valence-corrected chi connectivity index (χ2v) is 4.82. The number of aromatic hydroxyl groups is 1. The first-order chi connectivity index (χ1) is 8.63. The quantitative estimate of drug-likeness (QED) is 0.864. The normalized spacial score (nSPS) is 12.3. The van der Waals surface area contributed by atoms with Crippen molar-refractivity contribution in [3.05, 3.63) is 65.2 Å². The van der Waals surface area contributed by atoms with Gasteiger partial charge in [0.05, 0.1) is 0 Å². The first kappa shape index (κ1) is 12.7. The summed E-state index contributed by atoms with van der Waals surface area (Å²) in [5.74, 6) is 0.297. The van der Waals surface area contributed by atoms with Gasteiger partial charge in [0.1, 0.15) is 5.75 Å². The van der Waals surface area contributed by atoms with Gasteiger partial charge in [-0.3, -0.25) is 0 Å². The van der Waals surface area contributed by atoms with Crippen LogP contribution in [0.5, 0.6) is 5.75 Å². The molecular formula is C16H19NO. The Bertz CT molecular complexity index is 440. The highest BCUT2D eigenvalue weighted by atomic mass is 16.3. The average Bonchev–Trinajstić information content (AvgIpc) is 2.35. The van der Waals surface area contributed by atoms with Gasteiger partial charge in [0.15, 0.2) is 0 Å². The van der Waals surface area contributed by atoms with E-state index in [9.17, 15) is 5.11 Å².